The van der Waals surface area contributed by atoms with Gasteiger partial charge in [-0.05, 0) is 48.9 Å². The van der Waals surface area contributed by atoms with Gasteiger partial charge in [-0.1, -0.05) is 23.7 Å². The fourth-order valence-corrected chi connectivity index (χ4v) is 4.78. The lowest BCUT2D eigenvalue weighted by Gasteiger charge is -2.21. The molecule has 1 atom stereocenters. The maximum atomic E-state index is 12.6. The van der Waals surface area contributed by atoms with Crippen molar-refractivity contribution in [1.29, 1.82) is 0 Å². The number of rotatable bonds is 4. The lowest BCUT2D eigenvalue weighted by molar-refractivity contribution is 0.0547. The number of fused-ring (bicyclic) bond motifs is 1. The molecular formula is C21H22ClN3O2S. The smallest absolute Gasteiger partial charge is 0.275 e. The van der Waals surface area contributed by atoms with Gasteiger partial charge in [0.2, 0.25) is 0 Å². The van der Waals surface area contributed by atoms with E-state index in [9.17, 15) is 4.79 Å². The van der Waals surface area contributed by atoms with Crippen molar-refractivity contribution in [3.05, 3.63) is 46.7 Å². The Balaban J connectivity index is 1.80. The van der Waals surface area contributed by atoms with Crippen LogP contribution < -0.4 is 0 Å². The maximum absolute atomic E-state index is 12.6. The summed E-state index contributed by atoms with van der Waals surface area (Å²) in [6.07, 6.45) is 3.03. The minimum Gasteiger partial charge on any atom is -0.381 e. The zero-order valence-corrected chi connectivity index (χ0v) is 17.5. The Kier molecular flexibility index (Phi) is 5.62. The molecule has 1 amide bonds. The van der Waals surface area contributed by atoms with E-state index in [0.717, 1.165) is 58.7 Å². The fourth-order valence-electron chi connectivity index (χ4n) is 3.49. The summed E-state index contributed by atoms with van der Waals surface area (Å²) < 4.78 is 6.52. The predicted molar refractivity (Wildman–Crippen MR) is 113 cm³/mol. The quantitative estimate of drug-likeness (QED) is 0.620. The Morgan fingerprint density at radius 2 is 2.07 bits per heavy atom. The van der Waals surface area contributed by atoms with Crippen LogP contribution >= 0.6 is 22.9 Å². The van der Waals surface area contributed by atoms with Crippen LogP contribution in [-0.2, 0) is 11.2 Å². The van der Waals surface area contributed by atoms with Crippen LogP contribution in [0.25, 0.3) is 20.5 Å². The number of thiophene rings is 1. The maximum Gasteiger partial charge on any atom is 0.275 e. The van der Waals surface area contributed by atoms with Crippen LogP contribution in [0.2, 0.25) is 5.02 Å². The number of benzene rings is 1. The first-order chi connectivity index (χ1) is 13.5. The molecule has 1 aliphatic rings. The van der Waals surface area contributed by atoms with Crippen LogP contribution in [0.5, 0.6) is 0 Å². The van der Waals surface area contributed by atoms with Crippen LogP contribution in [0, 0.1) is 5.92 Å². The van der Waals surface area contributed by atoms with Gasteiger partial charge < -0.3 is 9.64 Å². The van der Waals surface area contributed by atoms with Crippen molar-refractivity contribution in [2.24, 2.45) is 5.92 Å². The molecule has 5 nitrogen and oxygen atoms in total. The summed E-state index contributed by atoms with van der Waals surface area (Å²) in [5, 5.41) is 10.5. The molecule has 3 aromatic rings. The third-order valence-electron chi connectivity index (χ3n) is 5.00. The number of aromatic nitrogens is 2. The summed E-state index contributed by atoms with van der Waals surface area (Å²) >= 11 is 7.61. The van der Waals surface area contributed by atoms with Crippen LogP contribution in [0.3, 0.4) is 0 Å². The Labute approximate surface area is 173 Å². The average molecular weight is 416 g/mol. The van der Waals surface area contributed by atoms with Gasteiger partial charge in [0.05, 0.1) is 10.4 Å². The third-order valence-corrected chi connectivity index (χ3v) is 6.45. The van der Waals surface area contributed by atoms with Crippen LogP contribution in [0.15, 0.2) is 30.3 Å². The molecule has 0 spiro atoms. The first kappa shape index (κ1) is 19.3. The summed E-state index contributed by atoms with van der Waals surface area (Å²) in [6.45, 7) is 1.60. The van der Waals surface area contributed by atoms with Crippen molar-refractivity contribution in [1.82, 2.24) is 15.1 Å². The highest BCUT2D eigenvalue weighted by atomic mass is 35.5. The molecule has 3 heterocycles. The van der Waals surface area contributed by atoms with E-state index in [2.05, 4.69) is 16.3 Å². The number of halogens is 1. The molecule has 0 N–H and O–H groups in total. The summed E-state index contributed by atoms with van der Waals surface area (Å²) in [5.41, 5.74) is 2.42. The number of nitrogens with zero attached hydrogens (tertiary/aromatic N) is 3. The standard InChI is InChI=1S/C21H22ClN3O2S/c1-25(2)21(26)19-20-16(11-18(28-20)14-5-7-15(22)8-6-14)17(23-24-19)10-13-4-3-9-27-12-13/h5-8,11,13H,3-4,9-10,12H2,1-2H3. The first-order valence-corrected chi connectivity index (χ1v) is 10.6. The van der Waals surface area contributed by atoms with Gasteiger partial charge in [0.15, 0.2) is 5.69 Å². The molecule has 1 unspecified atom stereocenters. The molecule has 0 aliphatic carbocycles. The zero-order chi connectivity index (χ0) is 19.7. The average Bonchev–Trinajstić information content (AvgIpc) is 3.15. The van der Waals surface area contributed by atoms with E-state index in [-0.39, 0.29) is 5.91 Å². The van der Waals surface area contributed by atoms with E-state index >= 15 is 0 Å². The Morgan fingerprint density at radius 3 is 2.75 bits per heavy atom. The highest BCUT2D eigenvalue weighted by Gasteiger charge is 2.23. The van der Waals surface area contributed by atoms with Crippen LogP contribution in [0.1, 0.15) is 29.0 Å². The molecule has 0 radical (unpaired) electrons. The largest absolute Gasteiger partial charge is 0.381 e. The molecule has 0 saturated carbocycles. The summed E-state index contributed by atoms with van der Waals surface area (Å²) in [7, 11) is 3.47. The topological polar surface area (TPSA) is 55.3 Å². The monoisotopic (exact) mass is 415 g/mol. The highest BCUT2D eigenvalue weighted by Crippen LogP contribution is 2.37. The van der Waals surface area contributed by atoms with Gasteiger partial charge in [-0.25, -0.2) is 0 Å². The van der Waals surface area contributed by atoms with Crippen molar-refractivity contribution in [2.45, 2.75) is 19.3 Å². The minimum absolute atomic E-state index is 0.130. The van der Waals surface area contributed by atoms with Gasteiger partial charge in [0.1, 0.15) is 0 Å². The van der Waals surface area contributed by atoms with Crippen molar-refractivity contribution in [3.8, 4) is 10.4 Å². The summed E-state index contributed by atoms with van der Waals surface area (Å²) in [6, 6.07) is 9.88. The van der Waals surface area contributed by atoms with Crippen molar-refractivity contribution < 1.29 is 9.53 Å². The molecule has 1 saturated heterocycles. The number of carbonyl (C=O) groups excluding carboxylic acids is 1. The number of hydrogen-bond acceptors (Lipinski definition) is 5. The minimum atomic E-state index is -0.130. The van der Waals surface area contributed by atoms with Crippen molar-refractivity contribution >= 4 is 38.9 Å². The normalized spacial score (nSPS) is 17.0. The van der Waals surface area contributed by atoms with E-state index < -0.39 is 0 Å². The lowest BCUT2D eigenvalue weighted by atomic mass is 9.95. The zero-order valence-electron chi connectivity index (χ0n) is 15.9. The number of amides is 1. The first-order valence-electron chi connectivity index (χ1n) is 9.37. The molecule has 1 fully saturated rings. The molecule has 1 aromatic carbocycles. The Hall–Kier alpha value is -2.02. The molecule has 4 rings (SSSR count). The molecular weight excluding hydrogens is 394 g/mol. The van der Waals surface area contributed by atoms with E-state index in [0.29, 0.717) is 16.6 Å². The molecule has 7 heteroatoms. The van der Waals surface area contributed by atoms with Gasteiger partial charge in [0, 0.05) is 42.6 Å². The van der Waals surface area contributed by atoms with Crippen LogP contribution in [0.4, 0.5) is 0 Å². The van der Waals surface area contributed by atoms with E-state index in [1.807, 2.05) is 24.3 Å². The van der Waals surface area contributed by atoms with Gasteiger partial charge in [-0.2, -0.15) is 5.10 Å². The second-order valence-electron chi connectivity index (χ2n) is 7.34. The van der Waals surface area contributed by atoms with Gasteiger partial charge in [0.25, 0.3) is 5.91 Å². The molecule has 1 aliphatic heterocycles. The van der Waals surface area contributed by atoms with Gasteiger partial charge >= 0.3 is 0 Å². The van der Waals surface area contributed by atoms with Crippen molar-refractivity contribution in [2.75, 3.05) is 27.3 Å². The van der Waals surface area contributed by atoms with Gasteiger partial charge in [-0.15, -0.1) is 16.4 Å². The second-order valence-corrected chi connectivity index (χ2v) is 8.83. The summed E-state index contributed by atoms with van der Waals surface area (Å²) in [4.78, 5) is 15.3. The second kappa shape index (κ2) is 8.15. The van der Waals surface area contributed by atoms with Gasteiger partial charge in [-0.3, -0.25) is 4.79 Å². The summed E-state index contributed by atoms with van der Waals surface area (Å²) in [5.74, 6) is 0.315. The predicted octanol–water partition coefficient (Wildman–Crippen LogP) is 4.68. The van der Waals surface area contributed by atoms with E-state index in [1.165, 1.54) is 0 Å². The number of ether oxygens (including phenoxy) is 1. The highest BCUT2D eigenvalue weighted by molar-refractivity contribution is 7.22. The number of carbonyl (C=O) groups is 1. The van der Waals surface area contributed by atoms with E-state index in [1.54, 1.807) is 30.3 Å². The van der Waals surface area contributed by atoms with Crippen molar-refractivity contribution in [3.63, 3.8) is 0 Å². The molecule has 28 heavy (non-hydrogen) atoms. The lowest BCUT2D eigenvalue weighted by Crippen LogP contribution is -2.24. The Morgan fingerprint density at radius 1 is 1.29 bits per heavy atom. The van der Waals surface area contributed by atoms with E-state index in [4.69, 9.17) is 16.3 Å². The molecule has 0 bridgehead atoms. The Bertz CT molecular complexity index is 995. The van der Waals surface area contributed by atoms with Crippen LogP contribution in [-0.4, -0.2) is 48.3 Å². The number of hydrogen-bond donors (Lipinski definition) is 0. The SMILES string of the molecule is CN(C)C(=O)c1nnc(CC2CCCOC2)c2cc(-c3ccc(Cl)cc3)sc12. The molecule has 2 aromatic heterocycles. The third kappa shape index (κ3) is 3.90. The molecule has 146 valence electrons. The fraction of sp³-hybridized carbons (Fsp3) is 0.381.